The molecule has 0 fully saturated rings. The van der Waals surface area contributed by atoms with Crippen molar-refractivity contribution in [2.75, 3.05) is 4.72 Å². The molecule has 1 radical (unpaired) electrons. The van der Waals surface area contributed by atoms with Gasteiger partial charge in [-0.15, -0.1) is 5.56 Å². The molecule has 0 aliphatic rings. The molecular weight excluding hydrogens is 359 g/mol. The van der Waals surface area contributed by atoms with E-state index in [-0.39, 0.29) is 37.6 Å². The number of rotatable bonds is 3. The smallest absolute Gasteiger partial charge is 0.251 e. The topological polar surface area (TPSA) is 46.2 Å². The molecule has 0 saturated heterocycles. The summed E-state index contributed by atoms with van der Waals surface area (Å²) in [6, 6.07) is 14.0. The minimum atomic E-state index is -3.58. The molecule has 19 heavy (non-hydrogen) atoms. The summed E-state index contributed by atoms with van der Waals surface area (Å²) in [6.45, 7) is 1.83. The first-order chi connectivity index (χ1) is 8.49. The van der Waals surface area contributed by atoms with E-state index >= 15 is 0 Å². The van der Waals surface area contributed by atoms with E-state index in [1.807, 2.05) is 6.92 Å². The molecule has 2 aromatic carbocycles. The number of nitrogens with one attached hydrogen (secondary N) is 1. The Hall–Kier alpha value is -0.416. The maximum Gasteiger partial charge on any atom is 0.251 e. The summed E-state index contributed by atoms with van der Waals surface area (Å²) >= 11 is 5.73. The Morgan fingerprint density at radius 3 is 2.37 bits per heavy atom. The van der Waals surface area contributed by atoms with Crippen LogP contribution in [0.5, 0.6) is 0 Å². The van der Waals surface area contributed by atoms with Gasteiger partial charge in [-0.05, 0) is 24.3 Å². The first-order valence-electron chi connectivity index (χ1n) is 5.24. The van der Waals surface area contributed by atoms with Crippen molar-refractivity contribution in [3.63, 3.8) is 0 Å². The minimum absolute atomic E-state index is 0. The largest absolute Gasteiger partial charge is 0.333 e. The van der Waals surface area contributed by atoms with Gasteiger partial charge in [0.05, 0.1) is 4.90 Å². The van der Waals surface area contributed by atoms with Crippen LogP contribution in [0, 0.1) is 13.0 Å². The van der Waals surface area contributed by atoms with Crippen molar-refractivity contribution < 1.29 is 41.1 Å². The van der Waals surface area contributed by atoms with E-state index in [1.54, 1.807) is 30.3 Å². The first kappa shape index (κ1) is 16.6. The van der Waals surface area contributed by atoms with Gasteiger partial charge in [-0.3, -0.25) is 0 Å². The average molecular weight is 370 g/mol. The summed E-state index contributed by atoms with van der Waals surface area (Å²) in [6.07, 6.45) is 0. The SMILES string of the molecule is Cc1cc[c-]cc1NS(=O)(=O)c1ccc(Cl)cc1.[Y]. The second-order valence-electron chi connectivity index (χ2n) is 3.80. The zero-order valence-corrected chi connectivity index (χ0v) is 14.6. The van der Waals surface area contributed by atoms with E-state index in [2.05, 4.69) is 10.8 Å². The monoisotopic (exact) mass is 369 g/mol. The van der Waals surface area contributed by atoms with E-state index in [9.17, 15) is 8.42 Å². The minimum Gasteiger partial charge on any atom is -0.333 e. The fourth-order valence-electron chi connectivity index (χ4n) is 1.44. The number of aryl methyl sites for hydroxylation is 1. The molecule has 2 aromatic rings. The average Bonchev–Trinajstić information content (AvgIpc) is 2.32. The normalized spacial score (nSPS) is 10.6. The summed E-state index contributed by atoms with van der Waals surface area (Å²) in [5.74, 6) is 0. The Balaban J connectivity index is 0.00000180. The van der Waals surface area contributed by atoms with Gasteiger partial charge >= 0.3 is 0 Å². The molecule has 0 bridgehead atoms. The van der Waals surface area contributed by atoms with Gasteiger partial charge in [-0.2, -0.15) is 24.3 Å². The van der Waals surface area contributed by atoms with E-state index < -0.39 is 10.0 Å². The summed E-state index contributed by atoms with van der Waals surface area (Å²) in [5.41, 5.74) is 1.36. The molecule has 0 aliphatic heterocycles. The zero-order valence-electron chi connectivity index (χ0n) is 10.2. The Bertz CT molecular complexity index is 657. The number of benzene rings is 2. The van der Waals surface area contributed by atoms with Crippen LogP contribution >= 0.6 is 11.6 Å². The standard InChI is InChI=1S/C13H11ClNO2S.Y/c1-10-4-2-3-5-13(10)15-18(16,17)12-8-6-11(14)7-9-12;/h2,4-9,15H,1H3;/q-1;. The van der Waals surface area contributed by atoms with Crippen LogP contribution in [-0.4, -0.2) is 8.42 Å². The molecule has 1 N–H and O–H groups in total. The maximum atomic E-state index is 12.1. The van der Waals surface area contributed by atoms with Gasteiger partial charge in [-0.1, -0.05) is 24.2 Å². The zero-order chi connectivity index (χ0) is 13.2. The number of halogens is 1. The summed E-state index contributed by atoms with van der Waals surface area (Å²) in [7, 11) is -3.58. The van der Waals surface area contributed by atoms with Crippen LogP contribution in [0.15, 0.2) is 47.4 Å². The van der Waals surface area contributed by atoms with E-state index in [0.29, 0.717) is 10.7 Å². The Morgan fingerprint density at radius 2 is 1.79 bits per heavy atom. The van der Waals surface area contributed by atoms with Gasteiger partial charge in [0, 0.05) is 37.7 Å². The van der Waals surface area contributed by atoms with E-state index in [1.165, 1.54) is 12.1 Å². The van der Waals surface area contributed by atoms with Crippen molar-refractivity contribution in [3.05, 3.63) is 59.1 Å². The van der Waals surface area contributed by atoms with Gasteiger partial charge in [0.25, 0.3) is 10.0 Å². The van der Waals surface area contributed by atoms with Crippen molar-refractivity contribution in [1.29, 1.82) is 0 Å². The maximum absolute atomic E-state index is 12.1. The van der Waals surface area contributed by atoms with E-state index in [4.69, 9.17) is 11.6 Å². The molecule has 0 heterocycles. The number of anilines is 1. The number of hydrogen-bond acceptors (Lipinski definition) is 2. The third-order valence-electron chi connectivity index (χ3n) is 2.45. The van der Waals surface area contributed by atoms with Crippen molar-refractivity contribution >= 4 is 27.3 Å². The Morgan fingerprint density at radius 1 is 1.16 bits per heavy atom. The van der Waals surface area contributed by atoms with Crippen LogP contribution in [0.25, 0.3) is 0 Å². The van der Waals surface area contributed by atoms with Crippen LogP contribution in [0.3, 0.4) is 0 Å². The quantitative estimate of drug-likeness (QED) is 0.844. The van der Waals surface area contributed by atoms with Crippen LogP contribution < -0.4 is 4.72 Å². The summed E-state index contributed by atoms with van der Waals surface area (Å²) in [4.78, 5) is 0.176. The van der Waals surface area contributed by atoms with Crippen LogP contribution in [0.2, 0.25) is 5.02 Å². The molecule has 6 heteroatoms. The predicted octanol–water partition coefficient (Wildman–Crippen LogP) is 3.25. The summed E-state index contributed by atoms with van der Waals surface area (Å²) in [5, 5.41) is 0.498. The molecular formula is C13H11ClNO2SY-. The predicted molar refractivity (Wildman–Crippen MR) is 72.3 cm³/mol. The van der Waals surface area contributed by atoms with Crippen LogP contribution in [0.4, 0.5) is 5.69 Å². The Kier molecular flexibility index (Phi) is 5.99. The molecule has 2 rings (SSSR count). The molecule has 0 unspecified atom stereocenters. The number of sulfonamides is 1. The van der Waals surface area contributed by atoms with Gasteiger partial charge in [0.1, 0.15) is 0 Å². The molecule has 0 aromatic heterocycles. The van der Waals surface area contributed by atoms with Crippen LogP contribution in [-0.2, 0) is 42.7 Å². The van der Waals surface area contributed by atoms with Gasteiger partial charge in [-0.25, -0.2) is 8.42 Å². The number of hydrogen-bond donors (Lipinski definition) is 1. The third kappa shape index (κ3) is 4.28. The van der Waals surface area contributed by atoms with Gasteiger partial charge < -0.3 is 4.72 Å². The first-order valence-corrected chi connectivity index (χ1v) is 7.10. The van der Waals surface area contributed by atoms with Crippen molar-refractivity contribution in [3.8, 4) is 0 Å². The van der Waals surface area contributed by atoms with Gasteiger partial charge in [0.15, 0.2) is 0 Å². The molecule has 0 atom stereocenters. The third-order valence-corrected chi connectivity index (χ3v) is 4.08. The molecule has 3 nitrogen and oxygen atoms in total. The molecule has 97 valence electrons. The van der Waals surface area contributed by atoms with E-state index in [0.717, 1.165) is 5.56 Å². The fourth-order valence-corrected chi connectivity index (χ4v) is 2.68. The fraction of sp³-hybridized carbons (Fsp3) is 0.0769. The second kappa shape index (κ2) is 6.84. The molecule has 0 saturated carbocycles. The second-order valence-corrected chi connectivity index (χ2v) is 5.92. The van der Waals surface area contributed by atoms with Gasteiger partial charge in [0.2, 0.25) is 0 Å². The van der Waals surface area contributed by atoms with Crippen LogP contribution in [0.1, 0.15) is 5.56 Å². The van der Waals surface area contributed by atoms with Crippen molar-refractivity contribution in [2.24, 2.45) is 0 Å². The molecule has 0 amide bonds. The summed E-state index contributed by atoms with van der Waals surface area (Å²) < 4.78 is 26.7. The van der Waals surface area contributed by atoms with Crippen molar-refractivity contribution in [1.82, 2.24) is 0 Å². The molecule has 0 spiro atoms. The van der Waals surface area contributed by atoms with Crippen molar-refractivity contribution in [2.45, 2.75) is 11.8 Å². The molecule has 0 aliphatic carbocycles. The Labute approximate surface area is 143 Å².